The third-order valence-electron chi connectivity index (χ3n) is 5.26. The molecule has 11 heteroatoms. The lowest BCUT2D eigenvalue weighted by Gasteiger charge is -2.26. The van der Waals surface area contributed by atoms with Gasteiger partial charge in [-0.05, 0) is 53.6 Å². The zero-order valence-corrected chi connectivity index (χ0v) is 19.9. The number of primary amides is 1. The SMILES string of the molecule is NC(=O)/C=C/c1ccn(S(=O)(=O)c2ccc(-c3ccc(OCCN4CCOCC4)c(O)c3)s2)c1. The Morgan fingerprint density at radius 1 is 1.21 bits per heavy atom. The Morgan fingerprint density at radius 2 is 2.00 bits per heavy atom. The molecule has 1 aliphatic heterocycles. The number of morpholine rings is 1. The molecule has 0 atom stereocenters. The number of benzene rings is 1. The minimum absolute atomic E-state index is 0.00595. The van der Waals surface area contributed by atoms with Gasteiger partial charge in [0, 0.05) is 43.0 Å². The van der Waals surface area contributed by atoms with Crippen molar-refractivity contribution < 1.29 is 27.8 Å². The summed E-state index contributed by atoms with van der Waals surface area (Å²) in [7, 11) is -3.80. The number of rotatable bonds is 9. The second-order valence-electron chi connectivity index (χ2n) is 7.62. The van der Waals surface area contributed by atoms with Gasteiger partial charge in [0.2, 0.25) is 5.91 Å². The molecule has 1 aliphatic rings. The molecule has 2 aromatic heterocycles. The first kappa shape index (κ1) is 24.0. The number of thiophene rings is 1. The van der Waals surface area contributed by atoms with Gasteiger partial charge in [-0.1, -0.05) is 0 Å². The molecule has 0 bridgehead atoms. The number of aromatic hydroxyl groups is 1. The van der Waals surface area contributed by atoms with E-state index in [0.29, 0.717) is 28.4 Å². The maximum atomic E-state index is 13.0. The molecule has 1 aromatic carbocycles. The number of ether oxygens (including phenoxy) is 2. The van der Waals surface area contributed by atoms with Crippen LogP contribution in [0.5, 0.6) is 11.5 Å². The van der Waals surface area contributed by atoms with Crippen LogP contribution in [-0.4, -0.2) is 67.8 Å². The molecule has 4 rings (SSSR count). The first-order valence-electron chi connectivity index (χ1n) is 10.6. The van der Waals surface area contributed by atoms with Gasteiger partial charge in [-0.15, -0.1) is 11.3 Å². The van der Waals surface area contributed by atoms with E-state index in [1.807, 2.05) is 0 Å². The van der Waals surface area contributed by atoms with Gasteiger partial charge >= 0.3 is 0 Å². The van der Waals surface area contributed by atoms with E-state index in [2.05, 4.69) is 4.90 Å². The summed E-state index contributed by atoms with van der Waals surface area (Å²) in [4.78, 5) is 13.8. The Labute approximate surface area is 201 Å². The van der Waals surface area contributed by atoms with E-state index >= 15 is 0 Å². The van der Waals surface area contributed by atoms with Crippen LogP contribution in [0.3, 0.4) is 0 Å². The summed E-state index contributed by atoms with van der Waals surface area (Å²) in [6, 6.07) is 9.83. The first-order valence-corrected chi connectivity index (χ1v) is 12.9. The van der Waals surface area contributed by atoms with E-state index in [4.69, 9.17) is 15.2 Å². The standard InChI is InChI=1S/C23H25N3O6S2/c24-22(28)5-1-17-7-8-26(16-17)34(29,30)23-6-4-21(33-23)18-2-3-20(19(27)15-18)32-14-11-25-9-12-31-13-10-25/h1-8,15-16,27H,9-14H2,(H2,24,28)/b5-1+. The number of hydrogen-bond acceptors (Lipinski definition) is 8. The van der Waals surface area contributed by atoms with Gasteiger partial charge in [0.25, 0.3) is 10.0 Å². The summed E-state index contributed by atoms with van der Waals surface area (Å²) < 4.78 is 38.2. The molecule has 1 saturated heterocycles. The molecule has 0 saturated carbocycles. The van der Waals surface area contributed by atoms with Gasteiger partial charge in [-0.3, -0.25) is 9.69 Å². The van der Waals surface area contributed by atoms with Crippen LogP contribution in [0.2, 0.25) is 0 Å². The predicted molar refractivity (Wildman–Crippen MR) is 129 cm³/mol. The fourth-order valence-electron chi connectivity index (χ4n) is 3.44. The summed E-state index contributed by atoms with van der Waals surface area (Å²) in [5, 5.41) is 10.4. The fourth-order valence-corrected chi connectivity index (χ4v) is 6.05. The minimum Gasteiger partial charge on any atom is -0.504 e. The Balaban J connectivity index is 1.44. The molecule has 1 amide bonds. The summed E-state index contributed by atoms with van der Waals surface area (Å²) in [6.45, 7) is 4.36. The van der Waals surface area contributed by atoms with Crippen molar-refractivity contribution in [2.75, 3.05) is 39.5 Å². The van der Waals surface area contributed by atoms with Gasteiger partial charge in [0.1, 0.15) is 10.8 Å². The molecule has 0 spiro atoms. The van der Waals surface area contributed by atoms with Crippen LogP contribution < -0.4 is 10.5 Å². The molecule has 0 radical (unpaired) electrons. The summed E-state index contributed by atoms with van der Waals surface area (Å²) in [5.74, 6) is -0.242. The highest BCUT2D eigenvalue weighted by atomic mass is 32.2. The van der Waals surface area contributed by atoms with E-state index in [1.54, 1.807) is 30.3 Å². The quantitative estimate of drug-likeness (QED) is 0.430. The van der Waals surface area contributed by atoms with Crippen LogP contribution in [0.25, 0.3) is 16.5 Å². The van der Waals surface area contributed by atoms with Crippen molar-refractivity contribution in [3.05, 3.63) is 60.4 Å². The molecule has 9 nitrogen and oxygen atoms in total. The number of nitrogens with zero attached hydrogens (tertiary/aromatic N) is 2. The summed E-state index contributed by atoms with van der Waals surface area (Å²) in [6.07, 6.45) is 5.42. The van der Waals surface area contributed by atoms with Gasteiger partial charge in [-0.25, -0.2) is 3.97 Å². The largest absolute Gasteiger partial charge is 0.504 e. The topological polar surface area (TPSA) is 124 Å². The Morgan fingerprint density at radius 3 is 2.74 bits per heavy atom. The lowest BCUT2D eigenvalue weighted by molar-refractivity contribution is -0.113. The summed E-state index contributed by atoms with van der Waals surface area (Å²) in [5.41, 5.74) is 6.29. The number of amides is 1. The number of aromatic nitrogens is 1. The average Bonchev–Trinajstić information content (AvgIpc) is 3.50. The van der Waals surface area contributed by atoms with Gasteiger partial charge in [0.15, 0.2) is 11.5 Å². The molecular weight excluding hydrogens is 478 g/mol. The van der Waals surface area contributed by atoms with E-state index in [0.717, 1.165) is 54.2 Å². The molecule has 1 fully saturated rings. The smallest absolute Gasteiger partial charge is 0.277 e. The molecule has 0 aliphatic carbocycles. The lowest BCUT2D eigenvalue weighted by Crippen LogP contribution is -2.38. The monoisotopic (exact) mass is 503 g/mol. The highest BCUT2D eigenvalue weighted by Gasteiger charge is 2.20. The number of phenolic OH excluding ortho intramolecular Hbond substituents is 1. The molecule has 3 N–H and O–H groups in total. The Bertz CT molecular complexity index is 1290. The molecule has 3 heterocycles. The van der Waals surface area contributed by atoms with Crippen molar-refractivity contribution in [1.82, 2.24) is 8.87 Å². The van der Waals surface area contributed by atoms with Crippen LogP contribution in [-0.2, 0) is 19.6 Å². The maximum absolute atomic E-state index is 13.0. The van der Waals surface area contributed by atoms with Crippen molar-refractivity contribution in [2.45, 2.75) is 4.21 Å². The Kier molecular flexibility index (Phi) is 7.37. The second-order valence-corrected chi connectivity index (χ2v) is 10.8. The molecule has 0 unspecified atom stereocenters. The second kappa shape index (κ2) is 10.4. The highest BCUT2D eigenvalue weighted by molar-refractivity contribution is 7.92. The Hall–Kier alpha value is -3.12. The molecule has 34 heavy (non-hydrogen) atoms. The number of hydrogen-bond donors (Lipinski definition) is 2. The van der Waals surface area contributed by atoms with Crippen LogP contribution in [0.4, 0.5) is 0 Å². The van der Waals surface area contributed by atoms with E-state index in [1.165, 1.54) is 24.5 Å². The zero-order valence-electron chi connectivity index (χ0n) is 18.3. The number of phenols is 1. The van der Waals surface area contributed by atoms with Crippen molar-refractivity contribution >= 4 is 33.3 Å². The van der Waals surface area contributed by atoms with Crippen molar-refractivity contribution in [1.29, 1.82) is 0 Å². The fraction of sp³-hybridized carbons (Fsp3) is 0.261. The van der Waals surface area contributed by atoms with Crippen molar-refractivity contribution in [3.63, 3.8) is 0 Å². The van der Waals surface area contributed by atoms with Crippen molar-refractivity contribution in [2.24, 2.45) is 5.73 Å². The summed E-state index contributed by atoms with van der Waals surface area (Å²) >= 11 is 1.10. The first-order chi connectivity index (χ1) is 16.3. The normalized spacial score (nSPS) is 15.1. The van der Waals surface area contributed by atoms with Crippen LogP contribution in [0, 0.1) is 0 Å². The van der Waals surface area contributed by atoms with Gasteiger partial charge < -0.3 is 20.3 Å². The lowest BCUT2D eigenvalue weighted by atomic mass is 10.1. The molecule has 3 aromatic rings. The number of carbonyl (C=O) groups is 1. The number of carbonyl (C=O) groups excluding carboxylic acids is 1. The highest BCUT2D eigenvalue weighted by Crippen LogP contribution is 2.36. The van der Waals surface area contributed by atoms with Crippen LogP contribution >= 0.6 is 11.3 Å². The third-order valence-corrected chi connectivity index (χ3v) is 8.49. The number of nitrogens with two attached hydrogens (primary N) is 1. The molecule has 180 valence electrons. The van der Waals surface area contributed by atoms with E-state index in [9.17, 15) is 18.3 Å². The van der Waals surface area contributed by atoms with Crippen LogP contribution in [0.15, 0.2) is 59.1 Å². The van der Waals surface area contributed by atoms with E-state index in [-0.39, 0.29) is 9.96 Å². The van der Waals surface area contributed by atoms with Gasteiger partial charge in [0.05, 0.1) is 13.2 Å². The van der Waals surface area contributed by atoms with Gasteiger partial charge in [-0.2, -0.15) is 8.42 Å². The average molecular weight is 504 g/mol. The molecular formula is C23H25N3O6S2. The predicted octanol–water partition coefficient (Wildman–Crippen LogP) is 2.37. The van der Waals surface area contributed by atoms with Crippen LogP contribution in [0.1, 0.15) is 5.56 Å². The minimum atomic E-state index is -3.80. The van der Waals surface area contributed by atoms with E-state index < -0.39 is 15.9 Å². The maximum Gasteiger partial charge on any atom is 0.277 e. The van der Waals surface area contributed by atoms with Crippen molar-refractivity contribution in [3.8, 4) is 21.9 Å². The third kappa shape index (κ3) is 5.68. The zero-order chi connectivity index (χ0) is 24.1.